The molecule has 1 aliphatic rings. The molecule has 0 amide bonds. The molecule has 0 aliphatic carbocycles. The van der Waals surface area contributed by atoms with E-state index in [2.05, 4.69) is 16.7 Å². The SMILES string of the molecule is CC(O)C1CCN(Cc2cc(F)cc(C#CCN)c2)CC1. The van der Waals surface area contributed by atoms with Gasteiger partial charge < -0.3 is 10.8 Å². The van der Waals surface area contributed by atoms with Crippen molar-refractivity contribution >= 4 is 0 Å². The quantitative estimate of drug-likeness (QED) is 0.834. The van der Waals surface area contributed by atoms with Crippen molar-refractivity contribution in [2.75, 3.05) is 19.6 Å². The minimum absolute atomic E-state index is 0.237. The maximum absolute atomic E-state index is 13.6. The van der Waals surface area contributed by atoms with Crippen molar-refractivity contribution in [1.82, 2.24) is 4.90 Å². The van der Waals surface area contributed by atoms with Crippen molar-refractivity contribution in [2.24, 2.45) is 11.7 Å². The van der Waals surface area contributed by atoms with Crippen LogP contribution in [0.4, 0.5) is 4.39 Å². The van der Waals surface area contributed by atoms with Crippen LogP contribution < -0.4 is 5.73 Å². The fourth-order valence-electron chi connectivity index (χ4n) is 2.82. The van der Waals surface area contributed by atoms with Crippen molar-refractivity contribution in [3.05, 3.63) is 35.1 Å². The third kappa shape index (κ3) is 4.82. The second-order valence-electron chi connectivity index (χ2n) is 5.71. The number of halogens is 1. The molecule has 0 spiro atoms. The Labute approximate surface area is 125 Å². The standard InChI is InChI=1S/C17H23FN2O/c1-13(21)16-4-7-20(8-5-16)12-15-9-14(3-2-6-19)10-17(18)11-15/h9-11,13,16,21H,4-8,12,19H2,1H3. The minimum atomic E-state index is -0.257. The summed E-state index contributed by atoms with van der Waals surface area (Å²) >= 11 is 0. The second kappa shape index (κ2) is 7.56. The van der Waals surface area contributed by atoms with Gasteiger partial charge >= 0.3 is 0 Å². The summed E-state index contributed by atoms with van der Waals surface area (Å²) in [5, 5.41) is 9.61. The maximum Gasteiger partial charge on any atom is 0.124 e. The predicted molar refractivity (Wildman–Crippen MR) is 82.0 cm³/mol. The van der Waals surface area contributed by atoms with Crippen LogP contribution in [0.1, 0.15) is 30.9 Å². The lowest BCUT2D eigenvalue weighted by Gasteiger charge is -2.33. The van der Waals surface area contributed by atoms with Gasteiger partial charge in [-0.05, 0) is 62.5 Å². The highest BCUT2D eigenvalue weighted by Gasteiger charge is 2.22. The van der Waals surface area contributed by atoms with Gasteiger partial charge in [0.25, 0.3) is 0 Å². The Morgan fingerprint density at radius 1 is 1.38 bits per heavy atom. The van der Waals surface area contributed by atoms with Crippen molar-refractivity contribution in [3.63, 3.8) is 0 Å². The average Bonchev–Trinajstić information content (AvgIpc) is 2.45. The third-order valence-electron chi connectivity index (χ3n) is 4.01. The Hall–Kier alpha value is -1.41. The highest BCUT2D eigenvalue weighted by atomic mass is 19.1. The maximum atomic E-state index is 13.6. The number of aliphatic hydroxyl groups is 1. The number of hydrogen-bond acceptors (Lipinski definition) is 3. The summed E-state index contributed by atoms with van der Waals surface area (Å²) in [5.74, 6) is 5.76. The van der Waals surface area contributed by atoms with Gasteiger partial charge in [-0.3, -0.25) is 4.90 Å². The molecule has 3 N–H and O–H groups in total. The fraction of sp³-hybridized carbons (Fsp3) is 0.529. The number of nitrogens with zero attached hydrogens (tertiary/aromatic N) is 1. The molecule has 1 atom stereocenters. The monoisotopic (exact) mass is 290 g/mol. The molecule has 4 heteroatoms. The van der Waals surface area contributed by atoms with Crippen LogP contribution in [0.2, 0.25) is 0 Å². The summed E-state index contributed by atoms with van der Waals surface area (Å²) in [6.45, 7) is 4.74. The van der Waals surface area contributed by atoms with Gasteiger partial charge in [-0.15, -0.1) is 0 Å². The smallest absolute Gasteiger partial charge is 0.124 e. The summed E-state index contributed by atoms with van der Waals surface area (Å²) in [6, 6.07) is 4.92. The van der Waals surface area contributed by atoms with Crippen LogP contribution in [0, 0.1) is 23.6 Å². The molecule has 1 fully saturated rings. The van der Waals surface area contributed by atoms with Crippen LogP contribution in [0.5, 0.6) is 0 Å². The van der Waals surface area contributed by atoms with E-state index in [0.29, 0.717) is 11.5 Å². The number of piperidine rings is 1. The largest absolute Gasteiger partial charge is 0.393 e. The lowest BCUT2D eigenvalue weighted by molar-refractivity contribution is 0.0695. The third-order valence-corrected chi connectivity index (χ3v) is 4.01. The Balaban J connectivity index is 1.99. The van der Waals surface area contributed by atoms with Gasteiger partial charge in [-0.2, -0.15) is 0 Å². The van der Waals surface area contributed by atoms with Crippen molar-refractivity contribution in [1.29, 1.82) is 0 Å². The van der Waals surface area contributed by atoms with E-state index < -0.39 is 0 Å². The van der Waals surface area contributed by atoms with E-state index in [0.717, 1.165) is 38.0 Å². The second-order valence-corrected chi connectivity index (χ2v) is 5.71. The number of aliphatic hydroxyl groups excluding tert-OH is 1. The first kappa shape index (κ1) is 16.0. The van der Waals surface area contributed by atoms with Crippen LogP contribution in [0.3, 0.4) is 0 Å². The molecule has 0 saturated carbocycles. The summed E-state index contributed by atoms with van der Waals surface area (Å²) < 4.78 is 13.6. The molecule has 2 rings (SSSR count). The zero-order chi connectivity index (χ0) is 15.2. The van der Waals surface area contributed by atoms with Gasteiger partial charge in [0.2, 0.25) is 0 Å². The van der Waals surface area contributed by atoms with E-state index in [4.69, 9.17) is 5.73 Å². The van der Waals surface area contributed by atoms with E-state index in [-0.39, 0.29) is 18.5 Å². The summed E-state index contributed by atoms with van der Waals surface area (Å²) in [6.07, 6.45) is 1.75. The molecule has 1 unspecified atom stereocenters. The number of rotatable bonds is 3. The van der Waals surface area contributed by atoms with Crippen LogP contribution in [0.25, 0.3) is 0 Å². The fourth-order valence-corrected chi connectivity index (χ4v) is 2.82. The first-order chi connectivity index (χ1) is 10.1. The highest BCUT2D eigenvalue weighted by Crippen LogP contribution is 2.22. The molecule has 1 aliphatic heterocycles. The van der Waals surface area contributed by atoms with Crippen LogP contribution in [-0.4, -0.2) is 35.7 Å². The minimum Gasteiger partial charge on any atom is -0.393 e. The molecular weight excluding hydrogens is 267 g/mol. The predicted octanol–water partition coefficient (Wildman–Crippen LogP) is 1.73. The van der Waals surface area contributed by atoms with Crippen LogP contribution in [-0.2, 0) is 6.54 Å². The van der Waals surface area contributed by atoms with Crippen molar-refractivity contribution < 1.29 is 9.50 Å². The molecule has 0 aromatic heterocycles. The zero-order valence-corrected chi connectivity index (χ0v) is 12.5. The normalized spacial score (nSPS) is 18.1. The number of benzene rings is 1. The van der Waals surface area contributed by atoms with Gasteiger partial charge in [0.15, 0.2) is 0 Å². The first-order valence-electron chi connectivity index (χ1n) is 7.47. The molecule has 114 valence electrons. The molecule has 21 heavy (non-hydrogen) atoms. The number of hydrogen-bond donors (Lipinski definition) is 2. The molecule has 1 aromatic carbocycles. The summed E-state index contributed by atoms with van der Waals surface area (Å²) in [5.41, 5.74) is 6.96. The highest BCUT2D eigenvalue weighted by molar-refractivity contribution is 5.38. The lowest BCUT2D eigenvalue weighted by atomic mass is 9.92. The molecule has 1 saturated heterocycles. The Morgan fingerprint density at radius 2 is 2.10 bits per heavy atom. The van der Waals surface area contributed by atoms with Gasteiger partial charge in [-0.25, -0.2) is 4.39 Å². The number of likely N-dealkylation sites (tertiary alicyclic amines) is 1. The first-order valence-corrected chi connectivity index (χ1v) is 7.47. The van der Waals surface area contributed by atoms with Gasteiger partial charge in [-0.1, -0.05) is 11.8 Å². The van der Waals surface area contributed by atoms with Crippen LogP contribution in [0.15, 0.2) is 18.2 Å². The van der Waals surface area contributed by atoms with E-state index in [1.165, 1.54) is 6.07 Å². The molecule has 3 nitrogen and oxygen atoms in total. The Bertz CT molecular complexity index is 525. The molecule has 1 aromatic rings. The summed E-state index contributed by atoms with van der Waals surface area (Å²) in [4.78, 5) is 2.30. The van der Waals surface area contributed by atoms with Crippen molar-refractivity contribution in [2.45, 2.75) is 32.4 Å². The van der Waals surface area contributed by atoms with Crippen molar-refractivity contribution in [3.8, 4) is 11.8 Å². The zero-order valence-electron chi connectivity index (χ0n) is 12.5. The van der Waals surface area contributed by atoms with Gasteiger partial charge in [0.1, 0.15) is 5.82 Å². The van der Waals surface area contributed by atoms with Gasteiger partial charge in [0.05, 0.1) is 12.6 Å². The summed E-state index contributed by atoms with van der Waals surface area (Å²) in [7, 11) is 0. The van der Waals surface area contributed by atoms with Crippen LogP contribution >= 0.6 is 0 Å². The van der Waals surface area contributed by atoms with E-state index in [1.54, 1.807) is 6.07 Å². The Kier molecular flexibility index (Phi) is 5.75. The van der Waals surface area contributed by atoms with E-state index in [9.17, 15) is 9.50 Å². The average molecular weight is 290 g/mol. The van der Waals surface area contributed by atoms with Gasteiger partial charge in [0, 0.05) is 12.1 Å². The number of nitrogens with two attached hydrogens (primary N) is 1. The topological polar surface area (TPSA) is 49.5 Å². The van der Waals surface area contributed by atoms with E-state index in [1.807, 2.05) is 13.0 Å². The molecule has 0 radical (unpaired) electrons. The van der Waals surface area contributed by atoms with E-state index >= 15 is 0 Å². The lowest BCUT2D eigenvalue weighted by Crippen LogP contribution is -2.36. The molecule has 1 heterocycles. The molecule has 0 bridgehead atoms. The molecular formula is C17H23FN2O. The Morgan fingerprint density at radius 3 is 2.71 bits per heavy atom.